The number of hydrogen-bond donors (Lipinski definition) is 0. The number of Topliss-reactive ketones (excluding diaryl/α,β-unsaturated/α-hetero) is 1. The summed E-state index contributed by atoms with van der Waals surface area (Å²) in [4.78, 5) is 45.5. The second kappa shape index (κ2) is 6.56. The average Bonchev–Trinajstić information content (AvgIpc) is 3.15. The van der Waals surface area contributed by atoms with E-state index in [1.165, 1.54) is 0 Å². The fourth-order valence-corrected chi connectivity index (χ4v) is 7.02. The summed E-state index contributed by atoms with van der Waals surface area (Å²) in [7, 11) is 0. The second-order valence-corrected chi connectivity index (χ2v) is 11.6. The van der Waals surface area contributed by atoms with E-state index in [9.17, 15) is 14.4 Å². The first-order valence-electron chi connectivity index (χ1n) is 11.9. The topological polar surface area (TPSA) is 66.9 Å². The highest BCUT2D eigenvalue weighted by Gasteiger charge is 2.79. The second-order valence-electron chi connectivity index (χ2n) is 11.6. The standard InChI is InChI=1S/C27H34N2O4/c1-23(2)20(30)24(3,4)29-22(32)26(6,19-15-11-8-12-16-19)33-27(29)17-25(5,21(31)28(23)27)18-13-9-7-10-14-18/h7-13,15,18-19H,14,16-17H2,1-6H3/t18?,19?,25-,26-,27?/m1/s1. The molecule has 3 aliphatic heterocycles. The van der Waals surface area contributed by atoms with Crippen molar-refractivity contribution in [3.05, 3.63) is 48.6 Å². The number of amides is 2. The lowest BCUT2D eigenvalue weighted by molar-refractivity contribution is -0.264. The molecule has 2 aliphatic carbocycles. The molecule has 0 saturated carbocycles. The van der Waals surface area contributed by atoms with E-state index in [1.54, 1.807) is 37.5 Å². The van der Waals surface area contributed by atoms with Crippen molar-refractivity contribution in [1.29, 1.82) is 0 Å². The van der Waals surface area contributed by atoms with Crippen LogP contribution in [0.5, 0.6) is 0 Å². The Labute approximate surface area is 196 Å². The molecule has 0 bridgehead atoms. The fourth-order valence-electron chi connectivity index (χ4n) is 7.02. The predicted octanol–water partition coefficient (Wildman–Crippen LogP) is 3.90. The van der Waals surface area contributed by atoms with Crippen molar-refractivity contribution >= 4 is 17.6 Å². The van der Waals surface area contributed by atoms with Crippen LogP contribution in [0.3, 0.4) is 0 Å². The summed E-state index contributed by atoms with van der Waals surface area (Å²) in [5.74, 6) is -2.01. The normalized spacial score (nSPS) is 42.8. The molecule has 1 spiro atoms. The third kappa shape index (κ3) is 2.56. The predicted molar refractivity (Wildman–Crippen MR) is 125 cm³/mol. The number of carbonyl (C=O) groups is 3. The molecule has 3 fully saturated rings. The van der Waals surface area contributed by atoms with Crippen molar-refractivity contribution in [2.75, 3.05) is 0 Å². The van der Waals surface area contributed by atoms with Crippen LogP contribution in [-0.4, -0.2) is 49.9 Å². The van der Waals surface area contributed by atoms with Gasteiger partial charge in [-0.05, 0) is 60.3 Å². The van der Waals surface area contributed by atoms with E-state index in [4.69, 9.17) is 4.74 Å². The number of hydrogen-bond acceptors (Lipinski definition) is 4. The summed E-state index contributed by atoms with van der Waals surface area (Å²) >= 11 is 0. The molecule has 6 nitrogen and oxygen atoms in total. The van der Waals surface area contributed by atoms with Gasteiger partial charge in [-0.2, -0.15) is 0 Å². The minimum atomic E-state index is -1.30. The van der Waals surface area contributed by atoms with Crippen LogP contribution in [-0.2, 0) is 19.1 Å². The van der Waals surface area contributed by atoms with E-state index in [1.807, 2.05) is 50.3 Å². The minimum Gasteiger partial charge on any atom is -0.321 e. The molecule has 5 aliphatic rings. The van der Waals surface area contributed by atoms with E-state index >= 15 is 0 Å². The molecular formula is C27H34N2O4. The van der Waals surface area contributed by atoms with Gasteiger partial charge >= 0.3 is 0 Å². The van der Waals surface area contributed by atoms with Crippen LogP contribution in [0.15, 0.2) is 48.6 Å². The van der Waals surface area contributed by atoms with E-state index < -0.39 is 27.9 Å². The lowest BCUT2D eigenvalue weighted by Gasteiger charge is -2.58. The summed E-state index contributed by atoms with van der Waals surface area (Å²) in [5, 5.41) is 0. The van der Waals surface area contributed by atoms with Gasteiger partial charge in [0.25, 0.3) is 5.91 Å². The van der Waals surface area contributed by atoms with Crippen molar-refractivity contribution < 1.29 is 19.1 Å². The Kier molecular flexibility index (Phi) is 4.44. The van der Waals surface area contributed by atoms with E-state index in [2.05, 4.69) is 12.2 Å². The SMILES string of the molecule is CC1(C)C(=O)C(C)(C)N2C(=O)[C@@](C)(C3C=CC=CC3)OC23C[C@](C)(C2C=CC=CC2)C(=O)N13. The van der Waals surface area contributed by atoms with Gasteiger partial charge < -0.3 is 4.74 Å². The maximum absolute atomic E-state index is 14.2. The average molecular weight is 451 g/mol. The maximum Gasteiger partial charge on any atom is 0.259 e. The van der Waals surface area contributed by atoms with Gasteiger partial charge in [-0.3, -0.25) is 24.2 Å². The number of ether oxygens (including phenoxy) is 1. The first-order valence-corrected chi connectivity index (χ1v) is 11.9. The van der Waals surface area contributed by atoms with Crippen molar-refractivity contribution in [3.63, 3.8) is 0 Å². The van der Waals surface area contributed by atoms with Gasteiger partial charge in [0.2, 0.25) is 11.8 Å². The highest BCUT2D eigenvalue weighted by Crippen LogP contribution is 2.62. The molecule has 0 N–H and O–H groups in total. The molecule has 0 aromatic heterocycles. The van der Waals surface area contributed by atoms with E-state index in [0.29, 0.717) is 12.8 Å². The lowest BCUT2D eigenvalue weighted by Crippen LogP contribution is -2.78. The summed E-state index contributed by atoms with van der Waals surface area (Å²) in [6.07, 6.45) is 17.8. The Morgan fingerprint density at radius 3 is 1.79 bits per heavy atom. The summed E-state index contributed by atoms with van der Waals surface area (Å²) in [5.41, 5.74) is -4.20. The van der Waals surface area contributed by atoms with Crippen molar-refractivity contribution in [1.82, 2.24) is 9.80 Å². The first-order chi connectivity index (χ1) is 15.3. The number of allylic oxidation sites excluding steroid dienone is 7. The van der Waals surface area contributed by atoms with Gasteiger partial charge in [-0.15, -0.1) is 0 Å². The largest absolute Gasteiger partial charge is 0.321 e. The molecule has 33 heavy (non-hydrogen) atoms. The third-order valence-corrected chi connectivity index (χ3v) is 8.71. The molecule has 3 saturated heterocycles. The molecular weight excluding hydrogens is 416 g/mol. The van der Waals surface area contributed by atoms with Crippen molar-refractivity contribution in [2.24, 2.45) is 17.3 Å². The maximum atomic E-state index is 14.2. The third-order valence-electron chi connectivity index (χ3n) is 8.71. The highest BCUT2D eigenvalue weighted by molar-refractivity contribution is 6.06. The Bertz CT molecular complexity index is 982. The molecule has 5 rings (SSSR count). The monoisotopic (exact) mass is 450 g/mol. The number of carbonyl (C=O) groups excluding carboxylic acids is 3. The van der Waals surface area contributed by atoms with Crippen molar-refractivity contribution in [2.45, 2.75) is 83.3 Å². The van der Waals surface area contributed by atoms with Crippen molar-refractivity contribution in [3.8, 4) is 0 Å². The molecule has 0 aromatic carbocycles. The molecule has 176 valence electrons. The van der Waals surface area contributed by atoms with Crippen LogP contribution >= 0.6 is 0 Å². The van der Waals surface area contributed by atoms with E-state index in [0.717, 1.165) is 6.42 Å². The molecule has 0 aromatic rings. The summed E-state index contributed by atoms with van der Waals surface area (Å²) in [6.45, 7) is 11.0. The summed E-state index contributed by atoms with van der Waals surface area (Å²) in [6, 6.07) is 0. The fraction of sp³-hybridized carbons (Fsp3) is 0.593. The first kappa shape index (κ1) is 22.3. The van der Waals surface area contributed by atoms with Crippen LogP contribution in [0.25, 0.3) is 0 Å². The van der Waals surface area contributed by atoms with Gasteiger partial charge in [0.1, 0.15) is 11.1 Å². The molecule has 5 atom stereocenters. The van der Waals surface area contributed by atoms with Gasteiger partial charge in [-0.25, -0.2) is 0 Å². The van der Waals surface area contributed by atoms with Gasteiger partial charge in [0.05, 0.1) is 5.41 Å². The minimum absolute atomic E-state index is 0.0334. The number of nitrogens with zero attached hydrogens (tertiary/aromatic N) is 2. The van der Waals surface area contributed by atoms with Crippen LogP contribution in [0, 0.1) is 17.3 Å². The molecule has 3 unspecified atom stereocenters. The summed E-state index contributed by atoms with van der Waals surface area (Å²) < 4.78 is 6.89. The molecule has 2 amide bonds. The van der Waals surface area contributed by atoms with Crippen LogP contribution < -0.4 is 0 Å². The Morgan fingerprint density at radius 1 is 0.758 bits per heavy atom. The highest BCUT2D eigenvalue weighted by atomic mass is 16.6. The Balaban J connectivity index is 1.71. The molecule has 0 radical (unpaired) electrons. The lowest BCUT2D eigenvalue weighted by atomic mass is 9.72. The van der Waals surface area contributed by atoms with Crippen LogP contribution in [0.4, 0.5) is 0 Å². The van der Waals surface area contributed by atoms with Gasteiger partial charge in [0.15, 0.2) is 11.4 Å². The number of ketones is 1. The van der Waals surface area contributed by atoms with E-state index in [-0.39, 0.29) is 29.4 Å². The Hall–Kier alpha value is -2.47. The molecule has 3 heterocycles. The zero-order chi connectivity index (χ0) is 24.0. The smallest absolute Gasteiger partial charge is 0.259 e. The Morgan fingerprint density at radius 2 is 1.27 bits per heavy atom. The van der Waals surface area contributed by atoms with Crippen LogP contribution in [0.2, 0.25) is 0 Å². The zero-order valence-corrected chi connectivity index (χ0v) is 20.4. The van der Waals surface area contributed by atoms with Crippen LogP contribution in [0.1, 0.15) is 60.8 Å². The number of rotatable bonds is 2. The van der Waals surface area contributed by atoms with Gasteiger partial charge in [0, 0.05) is 12.3 Å². The zero-order valence-electron chi connectivity index (χ0n) is 20.4. The van der Waals surface area contributed by atoms with Gasteiger partial charge in [-0.1, -0.05) is 48.6 Å². The molecule has 6 heteroatoms. The quantitative estimate of drug-likeness (QED) is 0.640.